The number of amides is 1. The Labute approximate surface area is 95.0 Å². The zero-order chi connectivity index (χ0) is 10.9. The maximum Gasteiger partial charge on any atom is 0.223 e. The summed E-state index contributed by atoms with van der Waals surface area (Å²) in [6.07, 6.45) is 2.62. The summed E-state index contributed by atoms with van der Waals surface area (Å²) in [5.74, 6) is 2.90. The van der Waals surface area contributed by atoms with E-state index in [1.807, 2.05) is 11.8 Å². The maximum atomic E-state index is 11.6. The highest BCUT2D eigenvalue weighted by molar-refractivity contribution is 7.99. The van der Waals surface area contributed by atoms with E-state index in [0.717, 1.165) is 30.8 Å². The van der Waals surface area contributed by atoms with Gasteiger partial charge in [0, 0.05) is 12.5 Å². The Bertz CT molecular complexity index is 251. The number of carbonyl (C=O) groups excluding carboxylic acids is 1. The minimum absolute atomic E-state index is 0.133. The predicted octanol–water partition coefficient (Wildman–Crippen LogP) is 1.02. The maximum absolute atomic E-state index is 11.6. The zero-order valence-corrected chi connectivity index (χ0v) is 9.98. The van der Waals surface area contributed by atoms with Crippen LogP contribution in [0.5, 0.6) is 0 Å². The van der Waals surface area contributed by atoms with E-state index < -0.39 is 5.60 Å². The summed E-state index contributed by atoms with van der Waals surface area (Å²) in [6.45, 7) is 2.53. The lowest BCUT2D eigenvalue weighted by Crippen LogP contribution is -2.45. The molecule has 0 aromatic rings. The van der Waals surface area contributed by atoms with Gasteiger partial charge in [0.05, 0.1) is 5.60 Å². The lowest BCUT2D eigenvalue weighted by Gasteiger charge is -2.31. The standard InChI is InChI=1S/C11H19NO2S/c1-8-6-9(8)10(13)12-7-11(14)2-4-15-5-3-11/h8-9,14H,2-7H2,1H3,(H,12,13). The minimum atomic E-state index is -0.640. The second kappa shape index (κ2) is 4.34. The largest absolute Gasteiger partial charge is 0.388 e. The van der Waals surface area contributed by atoms with Crippen molar-refractivity contribution >= 4 is 17.7 Å². The van der Waals surface area contributed by atoms with E-state index in [4.69, 9.17) is 0 Å². The lowest BCUT2D eigenvalue weighted by molar-refractivity contribution is -0.123. The first-order valence-electron chi connectivity index (χ1n) is 5.69. The third-order valence-electron chi connectivity index (χ3n) is 3.46. The summed E-state index contributed by atoms with van der Waals surface area (Å²) in [4.78, 5) is 11.6. The normalized spacial score (nSPS) is 33.5. The molecule has 4 heteroatoms. The predicted molar refractivity (Wildman–Crippen MR) is 61.8 cm³/mol. The van der Waals surface area contributed by atoms with Crippen LogP contribution in [0.3, 0.4) is 0 Å². The Balaban J connectivity index is 1.74. The molecule has 2 fully saturated rings. The molecule has 2 unspecified atom stereocenters. The molecule has 2 aliphatic rings. The van der Waals surface area contributed by atoms with Gasteiger partial charge in [-0.15, -0.1) is 0 Å². The number of thioether (sulfide) groups is 1. The van der Waals surface area contributed by atoms with Crippen LogP contribution in [-0.2, 0) is 4.79 Å². The van der Waals surface area contributed by atoms with Crippen molar-refractivity contribution in [3.63, 3.8) is 0 Å². The van der Waals surface area contributed by atoms with Crippen LogP contribution in [0, 0.1) is 11.8 Å². The fourth-order valence-electron chi connectivity index (χ4n) is 2.00. The van der Waals surface area contributed by atoms with Crippen molar-refractivity contribution < 1.29 is 9.90 Å². The summed E-state index contributed by atoms with van der Waals surface area (Å²) in [5.41, 5.74) is -0.640. The molecule has 1 aliphatic carbocycles. The quantitative estimate of drug-likeness (QED) is 0.759. The van der Waals surface area contributed by atoms with Crippen LogP contribution in [0.1, 0.15) is 26.2 Å². The summed E-state index contributed by atoms with van der Waals surface area (Å²) in [5, 5.41) is 13.0. The Morgan fingerprint density at radius 1 is 1.53 bits per heavy atom. The van der Waals surface area contributed by atoms with E-state index in [2.05, 4.69) is 12.2 Å². The minimum Gasteiger partial charge on any atom is -0.388 e. The van der Waals surface area contributed by atoms with Crippen molar-refractivity contribution in [2.75, 3.05) is 18.1 Å². The van der Waals surface area contributed by atoms with E-state index >= 15 is 0 Å². The molecule has 3 nitrogen and oxygen atoms in total. The highest BCUT2D eigenvalue weighted by Gasteiger charge is 2.40. The molecule has 0 bridgehead atoms. The van der Waals surface area contributed by atoms with Gasteiger partial charge in [-0.3, -0.25) is 4.79 Å². The van der Waals surface area contributed by atoms with E-state index in [1.54, 1.807) is 0 Å². The molecule has 15 heavy (non-hydrogen) atoms. The molecule has 0 spiro atoms. The third-order valence-corrected chi connectivity index (χ3v) is 4.45. The van der Waals surface area contributed by atoms with Crippen LogP contribution in [-0.4, -0.2) is 34.7 Å². The monoisotopic (exact) mass is 229 g/mol. The molecule has 2 N–H and O–H groups in total. The van der Waals surface area contributed by atoms with Crippen molar-refractivity contribution in [2.45, 2.75) is 31.8 Å². The number of rotatable bonds is 3. The van der Waals surface area contributed by atoms with E-state index in [9.17, 15) is 9.90 Å². The van der Waals surface area contributed by atoms with Crippen molar-refractivity contribution in [1.29, 1.82) is 0 Å². The van der Waals surface area contributed by atoms with Crippen LogP contribution in [0.15, 0.2) is 0 Å². The highest BCUT2D eigenvalue weighted by Crippen LogP contribution is 2.37. The van der Waals surface area contributed by atoms with Gasteiger partial charge >= 0.3 is 0 Å². The Kier molecular flexibility index (Phi) is 3.26. The number of carbonyl (C=O) groups is 1. The number of nitrogens with one attached hydrogen (secondary N) is 1. The van der Waals surface area contributed by atoms with Gasteiger partial charge in [0.15, 0.2) is 0 Å². The molecule has 0 aromatic carbocycles. The molecular weight excluding hydrogens is 210 g/mol. The van der Waals surface area contributed by atoms with Crippen molar-refractivity contribution in [3.8, 4) is 0 Å². The van der Waals surface area contributed by atoms with Crippen molar-refractivity contribution in [1.82, 2.24) is 5.32 Å². The number of hydrogen-bond donors (Lipinski definition) is 2. The average Bonchev–Trinajstić information content (AvgIpc) is 2.93. The van der Waals surface area contributed by atoms with Crippen molar-refractivity contribution in [3.05, 3.63) is 0 Å². The summed E-state index contributed by atoms with van der Waals surface area (Å²) >= 11 is 1.88. The average molecular weight is 229 g/mol. The summed E-state index contributed by atoms with van der Waals surface area (Å²) in [7, 11) is 0. The molecular formula is C11H19NO2S. The number of hydrogen-bond acceptors (Lipinski definition) is 3. The summed E-state index contributed by atoms with van der Waals surface area (Å²) < 4.78 is 0. The summed E-state index contributed by atoms with van der Waals surface area (Å²) in [6, 6.07) is 0. The van der Waals surface area contributed by atoms with Crippen LogP contribution >= 0.6 is 11.8 Å². The Morgan fingerprint density at radius 3 is 2.67 bits per heavy atom. The van der Waals surface area contributed by atoms with Crippen LogP contribution in [0.4, 0.5) is 0 Å². The second-order valence-corrected chi connectivity index (χ2v) is 6.10. The van der Waals surface area contributed by atoms with Gasteiger partial charge in [-0.25, -0.2) is 0 Å². The molecule has 1 heterocycles. The lowest BCUT2D eigenvalue weighted by atomic mass is 9.97. The molecule has 1 aliphatic heterocycles. The van der Waals surface area contributed by atoms with Crippen LogP contribution in [0.2, 0.25) is 0 Å². The zero-order valence-electron chi connectivity index (χ0n) is 9.16. The fraction of sp³-hybridized carbons (Fsp3) is 0.909. The molecule has 2 atom stereocenters. The van der Waals surface area contributed by atoms with Crippen molar-refractivity contribution in [2.24, 2.45) is 11.8 Å². The highest BCUT2D eigenvalue weighted by atomic mass is 32.2. The molecule has 86 valence electrons. The Hall–Kier alpha value is -0.220. The van der Waals surface area contributed by atoms with Gasteiger partial charge in [0.1, 0.15) is 0 Å². The van der Waals surface area contributed by atoms with Gasteiger partial charge in [-0.2, -0.15) is 11.8 Å². The third kappa shape index (κ3) is 2.88. The topological polar surface area (TPSA) is 49.3 Å². The number of aliphatic hydroxyl groups is 1. The smallest absolute Gasteiger partial charge is 0.223 e. The Morgan fingerprint density at radius 2 is 2.13 bits per heavy atom. The first-order chi connectivity index (χ1) is 7.11. The first kappa shape index (κ1) is 11.3. The molecule has 0 aromatic heterocycles. The molecule has 1 saturated carbocycles. The van der Waals surface area contributed by atoms with Gasteiger partial charge < -0.3 is 10.4 Å². The first-order valence-corrected chi connectivity index (χ1v) is 6.84. The van der Waals surface area contributed by atoms with Crippen LogP contribution in [0.25, 0.3) is 0 Å². The van der Waals surface area contributed by atoms with Crippen LogP contribution < -0.4 is 5.32 Å². The van der Waals surface area contributed by atoms with Gasteiger partial charge in [-0.1, -0.05) is 6.92 Å². The van der Waals surface area contributed by atoms with E-state index in [1.165, 1.54) is 0 Å². The SMILES string of the molecule is CC1CC1C(=O)NCC1(O)CCSCC1. The molecule has 2 rings (SSSR count). The molecule has 0 radical (unpaired) electrons. The molecule has 1 amide bonds. The van der Waals surface area contributed by atoms with E-state index in [-0.39, 0.29) is 11.8 Å². The van der Waals surface area contributed by atoms with E-state index in [0.29, 0.717) is 12.5 Å². The fourth-order valence-corrected chi connectivity index (χ4v) is 3.25. The second-order valence-electron chi connectivity index (χ2n) is 4.87. The van der Waals surface area contributed by atoms with Gasteiger partial charge in [0.25, 0.3) is 0 Å². The van der Waals surface area contributed by atoms with Gasteiger partial charge in [-0.05, 0) is 36.7 Å². The van der Waals surface area contributed by atoms with Gasteiger partial charge in [0.2, 0.25) is 5.91 Å². The molecule has 1 saturated heterocycles.